The summed E-state index contributed by atoms with van der Waals surface area (Å²) in [4.78, 5) is 2.14. The lowest BCUT2D eigenvalue weighted by molar-refractivity contribution is 0.199. The van der Waals surface area contributed by atoms with Gasteiger partial charge in [0.15, 0.2) is 0 Å². The minimum atomic E-state index is -0.148. The Hall–Kier alpha value is -1.91. The second-order valence-electron chi connectivity index (χ2n) is 5.90. The molecule has 0 saturated carbocycles. The van der Waals surface area contributed by atoms with Crippen LogP contribution in [0.2, 0.25) is 0 Å². The minimum Gasteiger partial charge on any atom is -0.383 e. The normalized spacial score (nSPS) is 13.9. The maximum absolute atomic E-state index is 14.3. The van der Waals surface area contributed by atoms with Gasteiger partial charge < -0.3 is 15.0 Å². The van der Waals surface area contributed by atoms with E-state index in [1.807, 2.05) is 12.1 Å². The van der Waals surface area contributed by atoms with E-state index in [2.05, 4.69) is 34.5 Å². The summed E-state index contributed by atoms with van der Waals surface area (Å²) < 4.78 is 19.3. The zero-order valence-electron chi connectivity index (χ0n) is 13.5. The number of hydrogen-bond acceptors (Lipinski definition) is 3. The van der Waals surface area contributed by atoms with Gasteiger partial charge in [0.05, 0.1) is 12.3 Å². The number of nitrogens with one attached hydrogen (secondary N) is 1. The van der Waals surface area contributed by atoms with Crippen molar-refractivity contribution in [1.82, 2.24) is 5.32 Å². The molecule has 1 heterocycles. The number of halogens is 1. The minimum absolute atomic E-state index is 0.148. The monoisotopic (exact) mass is 314 g/mol. The molecular formula is C19H23FN2O. The Labute approximate surface area is 137 Å². The van der Waals surface area contributed by atoms with Gasteiger partial charge in [-0.15, -0.1) is 0 Å². The predicted molar refractivity (Wildman–Crippen MR) is 91.2 cm³/mol. The third-order valence-corrected chi connectivity index (χ3v) is 4.29. The van der Waals surface area contributed by atoms with Crippen LogP contribution in [0.5, 0.6) is 0 Å². The standard InChI is InChI=1S/C19H23FN2O/c1-23-11-9-21-13-15-6-7-18(20)19(12-15)22-10-8-16-4-2-3-5-17(16)14-22/h2-7,12,21H,8-11,13-14H2,1H3. The molecule has 0 amide bonds. The highest BCUT2D eigenvalue weighted by Crippen LogP contribution is 2.27. The Balaban J connectivity index is 1.72. The van der Waals surface area contributed by atoms with E-state index in [0.29, 0.717) is 12.3 Å². The van der Waals surface area contributed by atoms with Gasteiger partial charge >= 0.3 is 0 Å². The molecule has 0 atom stereocenters. The molecule has 3 rings (SSSR count). The molecule has 0 bridgehead atoms. The number of benzene rings is 2. The van der Waals surface area contributed by atoms with Gasteiger partial charge in [-0.05, 0) is 35.2 Å². The van der Waals surface area contributed by atoms with Gasteiger partial charge in [-0.3, -0.25) is 0 Å². The molecule has 2 aromatic carbocycles. The molecule has 122 valence electrons. The number of fused-ring (bicyclic) bond motifs is 1. The van der Waals surface area contributed by atoms with E-state index >= 15 is 0 Å². The average molecular weight is 314 g/mol. The van der Waals surface area contributed by atoms with Crippen molar-refractivity contribution in [2.24, 2.45) is 0 Å². The molecule has 0 radical (unpaired) electrons. The zero-order valence-corrected chi connectivity index (χ0v) is 13.5. The summed E-state index contributed by atoms with van der Waals surface area (Å²) in [5, 5.41) is 3.30. The summed E-state index contributed by atoms with van der Waals surface area (Å²) >= 11 is 0. The number of hydrogen-bond donors (Lipinski definition) is 1. The fraction of sp³-hybridized carbons (Fsp3) is 0.368. The molecule has 0 unspecified atom stereocenters. The van der Waals surface area contributed by atoms with Gasteiger partial charge in [0, 0.05) is 33.3 Å². The lowest BCUT2D eigenvalue weighted by Crippen LogP contribution is -2.31. The van der Waals surface area contributed by atoms with Crippen LogP contribution in [0.1, 0.15) is 16.7 Å². The zero-order chi connectivity index (χ0) is 16.1. The maximum Gasteiger partial charge on any atom is 0.146 e. The van der Waals surface area contributed by atoms with Crippen LogP contribution in [0.15, 0.2) is 42.5 Å². The van der Waals surface area contributed by atoms with Crippen molar-refractivity contribution in [2.75, 3.05) is 31.7 Å². The first-order chi connectivity index (χ1) is 11.3. The molecule has 0 aliphatic carbocycles. The van der Waals surface area contributed by atoms with Gasteiger partial charge in [-0.1, -0.05) is 30.3 Å². The van der Waals surface area contributed by atoms with Crippen LogP contribution in [0, 0.1) is 5.82 Å². The Bertz CT molecular complexity index is 660. The maximum atomic E-state index is 14.3. The second kappa shape index (κ2) is 7.57. The first-order valence-electron chi connectivity index (χ1n) is 8.08. The van der Waals surface area contributed by atoms with Crippen molar-refractivity contribution < 1.29 is 9.13 Å². The molecule has 0 spiro atoms. The molecule has 2 aromatic rings. The summed E-state index contributed by atoms with van der Waals surface area (Å²) in [6.07, 6.45) is 0.964. The SMILES string of the molecule is COCCNCc1ccc(F)c(N2CCc3ccccc3C2)c1. The molecule has 4 heteroatoms. The Kier molecular flexibility index (Phi) is 5.26. The highest BCUT2D eigenvalue weighted by Gasteiger charge is 2.18. The highest BCUT2D eigenvalue weighted by atomic mass is 19.1. The molecule has 1 aliphatic rings. The number of anilines is 1. The van der Waals surface area contributed by atoms with Crippen molar-refractivity contribution in [3.8, 4) is 0 Å². The average Bonchev–Trinajstić information content (AvgIpc) is 2.59. The van der Waals surface area contributed by atoms with Gasteiger partial charge in [-0.2, -0.15) is 0 Å². The topological polar surface area (TPSA) is 24.5 Å². The quantitative estimate of drug-likeness (QED) is 0.829. The molecule has 3 nitrogen and oxygen atoms in total. The van der Waals surface area contributed by atoms with Crippen molar-refractivity contribution >= 4 is 5.69 Å². The Morgan fingerprint density at radius 1 is 1.17 bits per heavy atom. The third-order valence-electron chi connectivity index (χ3n) is 4.29. The third kappa shape index (κ3) is 3.89. The van der Waals surface area contributed by atoms with Crippen LogP contribution in [0.4, 0.5) is 10.1 Å². The fourth-order valence-corrected chi connectivity index (χ4v) is 3.02. The van der Waals surface area contributed by atoms with Crippen LogP contribution in [0.3, 0.4) is 0 Å². The van der Waals surface area contributed by atoms with Crippen molar-refractivity contribution in [2.45, 2.75) is 19.5 Å². The summed E-state index contributed by atoms with van der Waals surface area (Å²) in [7, 11) is 1.69. The summed E-state index contributed by atoms with van der Waals surface area (Å²) in [5.41, 5.74) is 4.46. The molecule has 0 aromatic heterocycles. The van der Waals surface area contributed by atoms with E-state index in [9.17, 15) is 4.39 Å². The van der Waals surface area contributed by atoms with E-state index in [1.165, 1.54) is 11.1 Å². The van der Waals surface area contributed by atoms with Crippen molar-refractivity contribution in [1.29, 1.82) is 0 Å². The molecule has 0 saturated heterocycles. The molecule has 23 heavy (non-hydrogen) atoms. The lowest BCUT2D eigenvalue weighted by Gasteiger charge is -2.31. The van der Waals surface area contributed by atoms with Gasteiger partial charge in [0.2, 0.25) is 0 Å². The van der Waals surface area contributed by atoms with Gasteiger partial charge in [0.1, 0.15) is 5.82 Å². The number of methoxy groups -OCH3 is 1. The van der Waals surface area contributed by atoms with E-state index in [4.69, 9.17) is 4.74 Å². The summed E-state index contributed by atoms with van der Waals surface area (Å²) in [6.45, 7) is 3.82. The highest BCUT2D eigenvalue weighted by molar-refractivity contribution is 5.52. The van der Waals surface area contributed by atoms with Crippen molar-refractivity contribution in [3.63, 3.8) is 0 Å². The van der Waals surface area contributed by atoms with E-state index in [1.54, 1.807) is 13.2 Å². The lowest BCUT2D eigenvalue weighted by atomic mass is 9.99. The first-order valence-corrected chi connectivity index (χ1v) is 8.08. The van der Waals surface area contributed by atoms with Gasteiger partial charge in [0.25, 0.3) is 0 Å². The number of rotatable bonds is 6. The Morgan fingerprint density at radius 2 is 2.00 bits per heavy atom. The summed E-state index contributed by atoms with van der Waals surface area (Å²) in [5.74, 6) is -0.148. The molecule has 1 aliphatic heterocycles. The predicted octanol–water partition coefficient (Wildman–Crippen LogP) is 3.12. The Morgan fingerprint density at radius 3 is 2.83 bits per heavy atom. The fourth-order valence-electron chi connectivity index (χ4n) is 3.02. The van der Waals surface area contributed by atoms with Crippen LogP contribution < -0.4 is 10.2 Å². The number of nitrogens with zero attached hydrogens (tertiary/aromatic N) is 1. The first kappa shape index (κ1) is 16.0. The number of ether oxygens (including phenoxy) is 1. The molecule has 1 N–H and O–H groups in total. The van der Waals surface area contributed by atoms with E-state index < -0.39 is 0 Å². The van der Waals surface area contributed by atoms with E-state index in [0.717, 1.165) is 38.2 Å². The van der Waals surface area contributed by atoms with Crippen LogP contribution in [0.25, 0.3) is 0 Å². The molecule has 0 fully saturated rings. The van der Waals surface area contributed by atoms with Crippen LogP contribution in [-0.4, -0.2) is 26.8 Å². The van der Waals surface area contributed by atoms with Crippen molar-refractivity contribution in [3.05, 3.63) is 65.0 Å². The molecular weight excluding hydrogens is 291 g/mol. The second-order valence-corrected chi connectivity index (χ2v) is 5.90. The largest absolute Gasteiger partial charge is 0.383 e. The van der Waals surface area contributed by atoms with Crippen LogP contribution >= 0.6 is 0 Å². The smallest absolute Gasteiger partial charge is 0.146 e. The van der Waals surface area contributed by atoms with E-state index in [-0.39, 0.29) is 5.82 Å². The van der Waals surface area contributed by atoms with Crippen LogP contribution in [-0.2, 0) is 24.2 Å². The van der Waals surface area contributed by atoms with Gasteiger partial charge in [-0.25, -0.2) is 4.39 Å². The summed E-state index contributed by atoms with van der Waals surface area (Å²) in [6, 6.07) is 13.8.